The second-order valence-electron chi connectivity index (χ2n) is 7.01. The van der Waals surface area contributed by atoms with Crippen LogP contribution in [0, 0.1) is 5.41 Å². The maximum Gasteiger partial charge on any atom is 0.313 e. The van der Waals surface area contributed by atoms with Gasteiger partial charge in [-0.2, -0.15) is 0 Å². The van der Waals surface area contributed by atoms with Crippen LogP contribution in [-0.4, -0.2) is 18.1 Å². The van der Waals surface area contributed by atoms with Gasteiger partial charge in [-0.15, -0.1) is 0 Å². The zero-order valence-electron chi connectivity index (χ0n) is 12.5. The highest BCUT2D eigenvalue weighted by molar-refractivity contribution is 5.82. The summed E-state index contributed by atoms with van der Waals surface area (Å²) in [5, 5.41) is 3.43. The molecule has 1 unspecified atom stereocenters. The van der Waals surface area contributed by atoms with Crippen LogP contribution in [0.15, 0.2) is 24.3 Å². The highest BCUT2D eigenvalue weighted by Gasteiger charge is 2.58. The molecule has 1 aliphatic heterocycles. The number of anilines is 1. The summed E-state index contributed by atoms with van der Waals surface area (Å²) in [6.45, 7) is 6.76. The van der Waals surface area contributed by atoms with Crippen molar-refractivity contribution in [2.75, 3.05) is 11.9 Å². The molecule has 0 saturated heterocycles. The smallest absolute Gasteiger partial charge is 0.313 e. The van der Waals surface area contributed by atoms with E-state index in [4.69, 9.17) is 4.74 Å². The molecule has 1 saturated carbocycles. The minimum Gasteiger partial charge on any atom is -0.460 e. The normalized spacial score (nSPS) is 23.4. The number of hydrogen-bond acceptors (Lipinski definition) is 3. The molecule has 0 bridgehead atoms. The predicted molar refractivity (Wildman–Crippen MR) is 79.8 cm³/mol. The van der Waals surface area contributed by atoms with Crippen molar-refractivity contribution in [1.82, 2.24) is 0 Å². The van der Waals surface area contributed by atoms with Crippen molar-refractivity contribution in [2.24, 2.45) is 5.41 Å². The first kappa shape index (κ1) is 13.5. The molecule has 0 aromatic heterocycles. The van der Waals surface area contributed by atoms with Crippen LogP contribution in [0.3, 0.4) is 0 Å². The van der Waals surface area contributed by atoms with E-state index in [1.165, 1.54) is 11.3 Å². The van der Waals surface area contributed by atoms with Gasteiger partial charge in [0.15, 0.2) is 0 Å². The molecule has 3 nitrogen and oxygen atoms in total. The lowest BCUT2D eigenvalue weighted by Crippen LogP contribution is -2.35. The van der Waals surface area contributed by atoms with E-state index in [9.17, 15) is 4.79 Å². The third-order valence-corrected chi connectivity index (χ3v) is 4.35. The first-order valence-corrected chi connectivity index (χ1v) is 7.49. The number of rotatable bonds is 2. The van der Waals surface area contributed by atoms with E-state index in [0.29, 0.717) is 5.92 Å². The molecule has 2 aliphatic rings. The number of ether oxygens (including phenoxy) is 1. The summed E-state index contributed by atoms with van der Waals surface area (Å²) in [7, 11) is 0. The van der Waals surface area contributed by atoms with Crippen LogP contribution < -0.4 is 5.32 Å². The van der Waals surface area contributed by atoms with E-state index in [2.05, 4.69) is 23.5 Å². The number of hydrogen-bond donors (Lipinski definition) is 1. The van der Waals surface area contributed by atoms with Gasteiger partial charge in [0.25, 0.3) is 0 Å². The fourth-order valence-corrected chi connectivity index (χ4v) is 3.25. The van der Waals surface area contributed by atoms with Crippen molar-refractivity contribution < 1.29 is 9.53 Å². The van der Waals surface area contributed by atoms with Gasteiger partial charge in [0.1, 0.15) is 5.60 Å². The first-order chi connectivity index (χ1) is 9.42. The van der Waals surface area contributed by atoms with Crippen LogP contribution in [0.1, 0.15) is 51.5 Å². The van der Waals surface area contributed by atoms with Gasteiger partial charge in [0, 0.05) is 18.2 Å². The summed E-state index contributed by atoms with van der Waals surface area (Å²) in [5.41, 5.74) is 1.78. The van der Waals surface area contributed by atoms with Crippen LogP contribution >= 0.6 is 0 Å². The fourth-order valence-electron chi connectivity index (χ4n) is 3.25. The Morgan fingerprint density at radius 2 is 2.00 bits per heavy atom. The van der Waals surface area contributed by atoms with Crippen molar-refractivity contribution in [2.45, 2.75) is 51.6 Å². The standard InChI is InChI=1S/C17H23NO2/c1-16(2,3)20-15(19)17(9-10-17)13-8-11-18-14-7-5-4-6-12(13)14/h4-7,13,18H,8-11H2,1-3H3. The van der Waals surface area contributed by atoms with Gasteiger partial charge in [-0.25, -0.2) is 0 Å². The van der Waals surface area contributed by atoms with E-state index in [0.717, 1.165) is 25.8 Å². The van der Waals surface area contributed by atoms with Crippen molar-refractivity contribution in [3.8, 4) is 0 Å². The van der Waals surface area contributed by atoms with Gasteiger partial charge in [0.2, 0.25) is 0 Å². The van der Waals surface area contributed by atoms with Crippen LogP contribution in [0.4, 0.5) is 5.69 Å². The Hall–Kier alpha value is -1.51. The number of fused-ring (bicyclic) bond motifs is 1. The lowest BCUT2D eigenvalue weighted by molar-refractivity contribution is -0.163. The van der Waals surface area contributed by atoms with Crippen LogP contribution in [-0.2, 0) is 9.53 Å². The molecule has 1 aliphatic carbocycles. The van der Waals surface area contributed by atoms with Crippen LogP contribution in [0.25, 0.3) is 0 Å². The average molecular weight is 273 g/mol. The monoisotopic (exact) mass is 273 g/mol. The van der Waals surface area contributed by atoms with Crippen molar-refractivity contribution in [3.05, 3.63) is 29.8 Å². The second-order valence-corrected chi connectivity index (χ2v) is 7.01. The van der Waals surface area contributed by atoms with Crippen molar-refractivity contribution in [1.29, 1.82) is 0 Å². The molecule has 108 valence electrons. The Morgan fingerprint density at radius 1 is 1.30 bits per heavy atom. The van der Waals surface area contributed by atoms with Crippen LogP contribution in [0.2, 0.25) is 0 Å². The van der Waals surface area contributed by atoms with Gasteiger partial charge < -0.3 is 10.1 Å². The van der Waals surface area contributed by atoms with Gasteiger partial charge >= 0.3 is 5.97 Å². The number of benzene rings is 1. The zero-order valence-corrected chi connectivity index (χ0v) is 12.5. The molecule has 1 N–H and O–H groups in total. The highest BCUT2D eigenvalue weighted by Crippen LogP contribution is 2.60. The van der Waals surface area contributed by atoms with Crippen molar-refractivity contribution >= 4 is 11.7 Å². The molecular formula is C17H23NO2. The van der Waals surface area contributed by atoms with Crippen LogP contribution in [0.5, 0.6) is 0 Å². The molecule has 0 radical (unpaired) electrons. The average Bonchev–Trinajstić information content (AvgIpc) is 3.17. The minimum atomic E-state index is -0.404. The number of carbonyl (C=O) groups excluding carboxylic acids is 1. The summed E-state index contributed by atoms with van der Waals surface area (Å²) in [6.07, 6.45) is 2.93. The van der Waals surface area contributed by atoms with E-state index < -0.39 is 5.60 Å². The molecule has 0 amide bonds. The lowest BCUT2D eigenvalue weighted by atomic mass is 9.78. The first-order valence-electron chi connectivity index (χ1n) is 7.49. The zero-order chi connectivity index (χ0) is 14.4. The predicted octanol–water partition coefficient (Wildman–Crippen LogP) is 3.71. The largest absolute Gasteiger partial charge is 0.460 e. The summed E-state index contributed by atoms with van der Waals surface area (Å²) in [4.78, 5) is 12.6. The Morgan fingerprint density at radius 3 is 2.65 bits per heavy atom. The molecule has 1 aromatic rings. The number of para-hydroxylation sites is 1. The fraction of sp³-hybridized carbons (Fsp3) is 0.588. The van der Waals surface area contributed by atoms with E-state index >= 15 is 0 Å². The van der Waals surface area contributed by atoms with E-state index in [-0.39, 0.29) is 11.4 Å². The number of nitrogens with one attached hydrogen (secondary N) is 1. The van der Waals surface area contributed by atoms with Gasteiger partial charge in [-0.3, -0.25) is 4.79 Å². The summed E-state index contributed by atoms with van der Waals surface area (Å²) in [6, 6.07) is 8.36. The quantitative estimate of drug-likeness (QED) is 0.835. The number of carbonyl (C=O) groups is 1. The van der Waals surface area contributed by atoms with Gasteiger partial charge in [0.05, 0.1) is 5.41 Å². The third kappa shape index (κ3) is 2.30. The maximum absolute atomic E-state index is 12.6. The maximum atomic E-state index is 12.6. The Labute approximate surface area is 120 Å². The Balaban J connectivity index is 1.88. The molecule has 3 rings (SSSR count). The third-order valence-electron chi connectivity index (χ3n) is 4.35. The van der Waals surface area contributed by atoms with Crippen molar-refractivity contribution in [3.63, 3.8) is 0 Å². The molecule has 1 fully saturated rings. The molecule has 3 heteroatoms. The van der Waals surface area contributed by atoms with E-state index in [1.807, 2.05) is 26.8 Å². The van der Waals surface area contributed by atoms with Gasteiger partial charge in [-0.05, 0) is 51.7 Å². The molecule has 20 heavy (non-hydrogen) atoms. The molecule has 0 spiro atoms. The second kappa shape index (κ2) is 4.51. The van der Waals surface area contributed by atoms with Gasteiger partial charge in [-0.1, -0.05) is 18.2 Å². The Bertz CT molecular complexity index is 526. The highest BCUT2D eigenvalue weighted by atomic mass is 16.6. The topological polar surface area (TPSA) is 38.3 Å². The number of esters is 1. The molecule has 1 aromatic carbocycles. The summed E-state index contributed by atoms with van der Waals surface area (Å²) in [5.74, 6) is 0.293. The molecule has 1 heterocycles. The lowest BCUT2D eigenvalue weighted by Gasteiger charge is -2.33. The van der Waals surface area contributed by atoms with E-state index in [1.54, 1.807) is 0 Å². The molecule has 1 atom stereocenters. The SMILES string of the molecule is CC(C)(C)OC(=O)C1(C2CCNc3ccccc32)CC1. The summed E-state index contributed by atoms with van der Waals surface area (Å²) >= 11 is 0. The molecular weight excluding hydrogens is 250 g/mol. The minimum absolute atomic E-state index is 0.00768. The Kier molecular flexibility index (Phi) is 3.03. The summed E-state index contributed by atoms with van der Waals surface area (Å²) < 4.78 is 5.67.